The highest BCUT2D eigenvalue weighted by Crippen LogP contribution is 2.31. The van der Waals surface area contributed by atoms with Crippen LogP contribution in [0.2, 0.25) is 0 Å². The smallest absolute Gasteiger partial charge is 0.253 e. The number of carbonyl (C=O) groups excluding carboxylic acids is 2. The number of rotatable bonds is 5. The molecule has 1 unspecified atom stereocenters. The lowest BCUT2D eigenvalue weighted by Crippen LogP contribution is -2.38. The standard InChI is InChI=1S/C21H26N4O3S/c1-15-12-18(23-28-15)19-6-3-7-25(19)14-20(26)22-17-5-2-4-16(13-17)21(27)24-8-10-29-11-9-24/h2,4-5,12-13,19H,3,6-11,14H2,1H3,(H,22,26). The molecule has 2 fully saturated rings. The zero-order valence-corrected chi connectivity index (χ0v) is 17.4. The van der Waals surface area contributed by atoms with E-state index in [1.54, 1.807) is 6.07 Å². The quantitative estimate of drug-likeness (QED) is 0.810. The van der Waals surface area contributed by atoms with E-state index in [4.69, 9.17) is 4.52 Å². The number of aromatic nitrogens is 1. The van der Waals surface area contributed by atoms with Crippen LogP contribution >= 0.6 is 11.8 Å². The lowest BCUT2D eigenvalue weighted by Gasteiger charge is -2.26. The summed E-state index contributed by atoms with van der Waals surface area (Å²) in [6, 6.07) is 9.27. The third-order valence-corrected chi connectivity index (χ3v) is 6.33. The van der Waals surface area contributed by atoms with E-state index in [1.165, 1.54) is 0 Å². The topological polar surface area (TPSA) is 78.7 Å². The number of carbonyl (C=O) groups is 2. The van der Waals surface area contributed by atoms with E-state index in [-0.39, 0.29) is 24.4 Å². The molecule has 8 heteroatoms. The van der Waals surface area contributed by atoms with Gasteiger partial charge in [0, 0.05) is 41.9 Å². The van der Waals surface area contributed by atoms with Crippen molar-refractivity contribution in [1.82, 2.24) is 15.0 Å². The summed E-state index contributed by atoms with van der Waals surface area (Å²) in [6.45, 7) is 4.57. The van der Waals surface area contributed by atoms with E-state index in [9.17, 15) is 9.59 Å². The molecule has 2 amide bonds. The van der Waals surface area contributed by atoms with Crippen molar-refractivity contribution < 1.29 is 14.1 Å². The average Bonchev–Trinajstić information content (AvgIpc) is 3.36. The van der Waals surface area contributed by atoms with Crippen LogP contribution in [0, 0.1) is 6.92 Å². The van der Waals surface area contributed by atoms with Gasteiger partial charge in [0.15, 0.2) is 0 Å². The van der Waals surface area contributed by atoms with Gasteiger partial charge in [-0.2, -0.15) is 11.8 Å². The number of nitrogens with one attached hydrogen (secondary N) is 1. The van der Waals surface area contributed by atoms with Crippen LogP contribution in [0.15, 0.2) is 34.9 Å². The molecular formula is C21H26N4O3S. The number of anilines is 1. The zero-order chi connectivity index (χ0) is 20.2. The second kappa shape index (κ2) is 9.00. The van der Waals surface area contributed by atoms with Gasteiger partial charge < -0.3 is 14.7 Å². The number of likely N-dealkylation sites (tertiary alicyclic amines) is 1. The number of nitrogens with zero attached hydrogens (tertiary/aromatic N) is 3. The third-order valence-electron chi connectivity index (χ3n) is 5.39. The Balaban J connectivity index is 1.37. The van der Waals surface area contributed by atoms with Gasteiger partial charge in [0.2, 0.25) is 5.91 Å². The van der Waals surface area contributed by atoms with Gasteiger partial charge in [0.05, 0.1) is 12.6 Å². The zero-order valence-electron chi connectivity index (χ0n) is 16.6. The van der Waals surface area contributed by atoms with Crippen LogP contribution < -0.4 is 5.32 Å². The van der Waals surface area contributed by atoms with Crippen LogP contribution in [0.25, 0.3) is 0 Å². The van der Waals surface area contributed by atoms with Gasteiger partial charge in [0.1, 0.15) is 11.5 Å². The van der Waals surface area contributed by atoms with E-state index in [1.807, 2.05) is 47.9 Å². The molecule has 154 valence electrons. The third kappa shape index (κ3) is 4.82. The Bertz CT molecular complexity index is 878. The maximum absolute atomic E-state index is 12.7. The lowest BCUT2D eigenvalue weighted by molar-refractivity contribution is -0.117. The molecule has 29 heavy (non-hydrogen) atoms. The van der Waals surface area contributed by atoms with Gasteiger partial charge in [-0.15, -0.1) is 0 Å². The van der Waals surface area contributed by atoms with Crippen molar-refractivity contribution in [3.8, 4) is 0 Å². The summed E-state index contributed by atoms with van der Waals surface area (Å²) >= 11 is 1.87. The minimum atomic E-state index is -0.0870. The highest BCUT2D eigenvalue weighted by atomic mass is 32.2. The second-order valence-corrected chi connectivity index (χ2v) is 8.75. The van der Waals surface area contributed by atoms with Gasteiger partial charge in [0.25, 0.3) is 5.91 Å². The Morgan fingerprint density at radius 2 is 2.07 bits per heavy atom. The summed E-state index contributed by atoms with van der Waals surface area (Å²) in [5.74, 6) is 2.68. The molecule has 4 rings (SSSR count). The molecule has 1 atom stereocenters. The molecule has 2 aliphatic rings. The molecule has 1 N–H and O–H groups in total. The van der Waals surface area contributed by atoms with Gasteiger partial charge in [-0.25, -0.2) is 0 Å². The van der Waals surface area contributed by atoms with E-state index in [2.05, 4.69) is 15.4 Å². The van der Waals surface area contributed by atoms with E-state index in [0.29, 0.717) is 11.3 Å². The molecule has 1 aromatic carbocycles. The molecule has 7 nitrogen and oxygen atoms in total. The first-order valence-electron chi connectivity index (χ1n) is 10.0. The predicted molar refractivity (Wildman–Crippen MR) is 113 cm³/mol. The molecule has 0 spiro atoms. The average molecular weight is 415 g/mol. The summed E-state index contributed by atoms with van der Waals surface area (Å²) < 4.78 is 5.20. The molecule has 3 heterocycles. The van der Waals surface area contributed by atoms with Crippen molar-refractivity contribution in [3.63, 3.8) is 0 Å². The van der Waals surface area contributed by atoms with Crippen LogP contribution in [0.1, 0.15) is 40.7 Å². The van der Waals surface area contributed by atoms with Gasteiger partial charge in [-0.3, -0.25) is 14.5 Å². The van der Waals surface area contributed by atoms with Crippen molar-refractivity contribution >= 4 is 29.3 Å². The fourth-order valence-electron chi connectivity index (χ4n) is 3.96. The highest BCUT2D eigenvalue weighted by Gasteiger charge is 2.30. The Morgan fingerprint density at radius 3 is 2.83 bits per heavy atom. The first kappa shape index (κ1) is 20.0. The summed E-state index contributed by atoms with van der Waals surface area (Å²) in [5, 5.41) is 7.07. The lowest BCUT2D eigenvalue weighted by atomic mass is 10.1. The maximum atomic E-state index is 12.7. The minimum absolute atomic E-state index is 0.0300. The van der Waals surface area contributed by atoms with Crippen molar-refractivity contribution in [1.29, 1.82) is 0 Å². The van der Waals surface area contributed by atoms with Gasteiger partial charge in [-0.1, -0.05) is 11.2 Å². The van der Waals surface area contributed by atoms with Crippen molar-refractivity contribution in [2.75, 3.05) is 43.0 Å². The number of amides is 2. The Kier molecular flexibility index (Phi) is 6.20. The second-order valence-electron chi connectivity index (χ2n) is 7.52. The molecule has 0 aliphatic carbocycles. The summed E-state index contributed by atoms with van der Waals surface area (Å²) in [5.41, 5.74) is 2.16. The Morgan fingerprint density at radius 1 is 1.24 bits per heavy atom. The molecule has 0 saturated carbocycles. The van der Waals surface area contributed by atoms with Crippen LogP contribution in [-0.2, 0) is 4.79 Å². The number of thioether (sulfide) groups is 1. The van der Waals surface area contributed by atoms with Gasteiger partial charge in [-0.05, 0) is 44.5 Å². The molecule has 0 bridgehead atoms. The summed E-state index contributed by atoms with van der Waals surface area (Å²) in [7, 11) is 0. The van der Waals surface area contributed by atoms with Crippen LogP contribution in [0.3, 0.4) is 0 Å². The Labute approximate surface area is 174 Å². The van der Waals surface area contributed by atoms with E-state index >= 15 is 0 Å². The number of hydrogen-bond acceptors (Lipinski definition) is 6. The van der Waals surface area contributed by atoms with E-state index in [0.717, 1.165) is 55.4 Å². The molecule has 2 aliphatic heterocycles. The number of aryl methyl sites for hydroxylation is 1. The van der Waals surface area contributed by atoms with Crippen LogP contribution in [0.4, 0.5) is 5.69 Å². The number of benzene rings is 1. The largest absolute Gasteiger partial charge is 0.361 e. The van der Waals surface area contributed by atoms with Crippen molar-refractivity contribution in [2.24, 2.45) is 0 Å². The van der Waals surface area contributed by atoms with Crippen molar-refractivity contribution in [2.45, 2.75) is 25.8 Å². The Hall–Kier alpha value is -2.32. The monoisotopic (exact) mass is 414 g/mol. The van der Waals surface area contributed by atoms with Crippen molar-refractivity contribution in [3.05, 3.63) is 47.3 Å². The minimum Gasteiger partial charge on any atom is -0.361 e. The number of hydrogen-bond donors (Lipinski definition) is 1. The SMILES string of the molecule is Cc1cc(C2CCCN2CC(=O)Nc2cccc(C(=O)N3CCSCC3)c2)no1. The maximum Gasteiger partial charge on any atom is 0.253 e. The molecule has 2 aromatic rings. The summed E-state index contributed by atoms with van der Waals surface area (Å²) in [4.78, 5) is 29.3. The van der Waals surface area contributed by atoms with Crippen LogP contribution in [-0.4, -0.2) is 64.5 Å². The molecular weight excluding hydrogens is 388 g/mol. The van der Waals surface area contributed by atoms with E-state index < -0.39 is 0 Å². The molecule has 2 saturated heterocycles. The highest BCUT2D eigenvalue weighted by molar-refractivity contribution is 7.99. The fourth-order valence-corrected chi connectivity index (χ4v) is 4.86. The predicted octanol–water partition coefficient (Wildman–Crippen LogP) is 2.95. The molecule has 1 aromatic heterocycles. The fraction of sp³-hybridized carbons (Fsp3) is 0.476. The van der Waals surface area contributed by atoms with Gasteiger partial charge >= 0.3 is 0 Å². The molecule has 0 radical (unpaired) electrons. The first-order valence-corrected chi connectivity index (χ1v) is 11.2. The summed E-state index contributed by atoms with van der Waals surface area (Å²) in [6.07, 6.45) is 2.00. The normalized spacial score (nSPS) is 20.0. The van der Waals surface area contributed by atoms with Crippen LogP contribution in [0.5, 0.6) is 0 Å². The first-order chi connectivity index (χ1) is 14.1.